The predicted molar refractivity (Wildman–Crippen MR) is 75.2 cm³/mol. The van der Waals surface area contributed by atoms with Gasteiger partial charge >= 0.3 is 0 Å². The monoisotopic (exact) mass is 264 g/mol. The van der Waals surface area contributed by atoms with Gasteiger partial charge in [0.05, 0.1) is 13.2 Å². The maximum Gasteiger partial charge on any atom is 0.213 e. The average Bonchev–Trinajstić information content (AvgIpc) is 2.45. The molecule has 4 heteroatoms. The highest BCUT2D eigenvalue weighted by Crippen LogP contribution is 2.20. The quantitative estimate of drug-likeness (QED) is 0.887. The van der Waals surface area contributed by atoms with Crippen LogP contribution in [0.15, 0.2) is 18.3 Å². The molecule has 1 aliphatic rings. The van der Waals surface area contributed by atoms with Crippen molar-refractivity contribution in [2.75, 3.05) is 13.7 Å². The van der Waals surface area contributed by atoms with Crippen LogP contribution in [0.2, 0.25) is 0 Å². The van der Waals surface area contributed by atoms with Gasteiger partial charge in [0, 0.05) is 31.5 Å². The molecule has 1 aromatic rings. The van der Waals surface area contributed by atoms with Gasteiger partial charge in [-0.3, -0.25) is 0 Å². The first-order chi connectivity index (χ1) is 9.19. The molecule has 19 heavy (non-hydrogen) atoms. The van der Waals surface area contributed by atoms with Crippen molar-refractivity contribution in [3.63, 3.8) is 0 Å². The molecular formula is C15H24N2O2. The third kappa shape index (κ3) is 4.18. The highest BCUT2D eigenvalue weighted by molar-refractivity contribution is 5.20. The Balaban J connectivity index is 1.84. The highest BCUT2D eigenvalue weighted by Gasteiger charge is 2.24. The van der Waals surface area contributed by atoms with Crippen molar-refractivity contribution in [2.24, 2.45) is 5.92 Å². The van der Waals surface area contributed by atoms with Gasteiger partial charge in [0.2, 0.25) is 5.88 Å². The molecule has 0 radical (unpaired) electrons. The lowest BCUT2D eigenvalue weighted by Crippen LogP contribution is -2.40. The second-order valence-corrected chi connectivity index (χ2v) is 5.46. The molecule has 1 aromatic heterocycles. The van der Waals surface area contributed by atoms with Gasteiger partial charge in [0.15, 0.2) is 0 Å². The van der Waals surface area contributed by atoms with E-state index in [1.54, 1.807) is 13.3 Å². The van der Waals surface area contributed by atoms with Crippen LogP contribution in [0.4, 0.5) is 0 Å². The van der Waals surface area contributed by atoms with Crippen molar-refractivity contribution in [1.29, 1.82) is 0 Å². The standard InChI is InChI=1S/C15H24N2O2/c1-11(2)14-9-13(5-7-19-14)17-10-12-4-6-16-15(8-12)18-3/h4,6,8,11,13-14,17H,5,7,9-10H2,1-3H3. The number of aromatic nitrogens is 1. The number of nitrogens with one attached hydrogen (secondary N) is 1. The maximum atomic E-state index is 5.79. The third-order valence-corrected chi connectivity index (χ3v) is 3.66. The minimum Gasteiger partial charge on any atom is -0.481 e. The van der Waals surface area contributed by atoms with E-state index in [0.717, 1.165) is 26.0 Å². The summed E-state index contributed by atoms with van der Waals surface area (Å²) in [5.74, 6) is 1.26. The van der Waals surface area contributed by atoms with E-state index in [-0.39, 0.29) is 0 Å². The normalized spacial score (nSPS) is 23.6. The van der Waals surface area contributed by atoms with E-state index in [9.17, 15) is 0 Å². The molecule has 1 N–H and O–H groups in total. The van der Waals surface area contributed by atoms with Gasteiger partial charge < -0.3 is 14.8 Å². The Bertz CT molecular complexity index is 395. The van der Waals surface area contributed by atoms with Crippen LogP contribution in [0.5, 0.6) is 5.88 Å². The van der Waals surface area contributed by atoms with Crippen molar-refractivity contribution in [2.45, 2.75) is 45.4 Å². The number of rotatable bonds is 5. The largest absolute Gasteiger partial charge is 0.481 e. The van der Waals surface area contributed by atoms with E-state index in [1.165, 1.54) is 5.56 Å². The fourth-order valence-corrected chi connectivity index (χ4v) is 2.41. The minimum atomic E-state index is 0.387. The number of methoxy groups -OCH3 is 1. The number of nitrogens with zero attached hydrogens (tertiary/aromatic N) is 1. The van der Waals surface area contributed by atoms with Gasteiger partial charge in [-0.1, -0.05) is 13.8 Å². The zero-order valence-electron chi connectivity index (χ0n) is 12.1. The van der Waals surface area contributed by atoms with Crippen LogP contribution in [0.3, 0.4) is 0 Å². The summed E-state index contributed by atoms with van der Waals surface area (Å²) in [5.41, 5.74) is 1.21. The van der Waals surface area contributed by atoms with E-state index in [1.807, 2.05) is 12.1 Å². The van der Waals surface area contributed by atoms with E-state index in [2.05, 4.69) is 24.1 Å². The Morgan fingerprint density at radius 2 is 2.37 bits per heavy atom. The van der Waals surface area contributed by atoms with Crippen molar-refractivity contribution in [3.05, 3.63) is 23.9 Å². The van der Waals surface area contributed by atoms with Gasteiger partial charge in [-0.15, -0.1) is 0 Å². The zero-order valence-corrected chi connectivity index (χ0v) is 12.1. The molecule has 2 atom stereocenters. The second kappa shape index (κ2) is 6.87. The fourth-order valence-electron chi connectivity index (χ4n) is 2.41. The first-order valence-electron chi connectivity index (χ1n) is 7.03. The summed E-state index contributed by atoms with van der Waals surface area (Å²) in [7, 11) is 1.64. The van der Waals surface area contributed by atoms with Gasteiger partial charge in [0.1, 0.15) is 0 Å². The van der Waals surface area contributed by atoms with Crippen molar-refractivity contribution in [1.82, 2.24) is 10.3 Å². The number of hydrogen-bond acceptors (Lipinski definition) is 4. The van der Waals surface area contributed by atoms with Crippen LogP contribution >= 0.6 is 0 Å². The lowest BCUT2D eigenvalue weighted by Gasteiger charge is -2.32. The average molecular weight is 264 g/mol. The first-order valence-corrected chi connectivity index (χ1v) is 7.03. The Kier molecular flexibility index (Phi) is 5.16. The number of pyridine rings is 1. The third-order valence-electron chi connectivity index (χ3n) is 3.66. The van der Waals surface area contributed by atoms with E-state index >= 15 is 0 Å². The van der Waals surface area contributed by atoms with Crippen LogP contribution < -0.4 is 10.1 Å². The van der Waals surface area contributed by atoms with Crippen LogP contribution in [-0.4, -0.2) is 30.8 Å². The molecule has 0 aliphatic carbocycles. The lowest BCUT2D eigenvalue weighted by molar-refractivity contribution is -0.0245. The zero-order chi connectivity index (χ0) is 13.7. The molecule has 106 valence electrons. The van der Waals surface area contributed by atoms with Crippen LogP contribution in [0.25, 0.3) is 0 Å². The summed E-state index contributed by atoms with van der Waals surface area (Å²) in [6.45, 7) is 6.16. The fraction of sp³-hybridized carbons (Fsp3) is 0.667. The van der Waals surface area contributed by atoms with Crippen LogP contribution in [0.1, 0.15) is 32.3 Å². The summed E-state index contributed by atoms with van der Waals surface area (Å²) in [4.78, 5) is 4.12. The molecule has 1 aliphatic heterocycles. The van der Waals surface area contributed by atoms with Gasteiger partial charge in [0.25, 0.3) is 0 Å². The van der Waals surface area contributed by atoms with Crippen molar-refractivity contribution >= 4 is 0 Å². The van der Waals surface area contributed by atoms with Crippen LogP contribution in [0, 0.1) is 5.92 Å². The molecule has 0 saturated carbocycles. The van der Waals surface area contributed by atoms with Crippen LogP contribution in [-0.2, 0) is 11.3 Å². The summed E-state index contributed by atoms with van der Waals surface area (Å²) in [6.07, 6.45) is 4.36. The molecule has 0 spiro atoms. The number of ether oxygens (including phenoxy) is 2. The molecule has 1 fully saturated rings. The molecular weight excluding hydrogens is 240 g/mol. The van der Waals surface area contributed by atoms with Crippen molar-refractivity contribution in [3.8, 4) is 5.88 Å². The smallest absolute Gasteiger partial charge is 0.213 e. The molecule has 2 unspecified atom stereocenters. The SMILES string of the molecule is COc1cc(CNC2CCOC(C(C)C)C2)ccn1. The minimum absolute atomic E-state index is 0.387. The maximum absolute atomic E-state index is 5.79. The topological polar surface area (TPSA) is 43.4 Å². The van der Waals surface area contributed by atoms with E-state index in [4.69, 9.17) is 9.47 Å². The molecule has 0 amide bonds. The Morgan fingerprint density at radius 3 is 3.11 bits per heavy atom. The summed E-state index contributed by atoms with van der Waals surface area (Å²) in [5, 5.41) is 3.61. The summed E-state index contributed by atoms with van der Waals surface area (Å²) < 4.78 is 10.9. The molecule has 0 aromatic carbocycles. The molecule has 2 heterocycles. The summed E-state index contributed by atoms with van der Waals surface area (Å²) in [6, 6.07) is 4.54. The van der Waals surface area contributed by atoms with Gasteiger partial charge in [-0.05, 0) is 30.4 Å². The second-order valence-electron chi connectivity index (χ2n) is 5.46. The highest BCUT2D eigenvalue weighted by atomic mass is 16.5. The molecule has 2 rings (SSSR count). The molecule has 1 saturated heterocycles. The first kappa shape index (κ1) is 14.3. The lowest BCUT2D eigenvalue weighted by atomic mass is 9.95. The molecule has 4 nitrogen and oxygen atoms in total. The van der Waals surface area contributed by atoms with E-state index in [0.29, 0.717) is 23.9 Å². The predicted octanol–water partition coefficient (Wildman–Crippen LogP) is 2.38. The van der Waals surface area contributed by atoms with Crippen molar-refractivity contribution < 1.29 is 9.47 Å². The number of hydrogen-bond donors (Lipinski definition) is 1. The van der Waals surface area contributed by atoms with Gasteiger partial charge in [-0.2, -0.15) is 0 Å². The Hall–Kier alpha value is -1.13. The van der Waals surface area contributed by atoms with E-state index < -0.39 is 0 Å². The Labute approximate surface area is 115 Å². The summed E-state index contributed by atoms with van der Waals surface area (Å²) >= 11 is 0. The molecule has 0 bridgehead atoms. The Morgan fingerprint density at radius 1 is 1.53 bits per heavy atom. The van der Waals surface area contributed by atoms with Gasteiger partial charge in [-0.25, -0.2) is 4.98 Å².